The van der Waals surface area contributed by atoms with Gasteiger partial charge in [0.15, 0.2) is 0 Å². The third-order valence-electron chi connectivity index (χ3n) is 2.40. The van der Waals surface area contributed by atoms with Crippen LogP contribution in [0.3, 0.4) is 0 Å². The molecule has 11 heavy (non-hydrogen) atoms. The first-order valence-corrected chi connectivity index (χ1v) is 4.78. The van der Waals surface area contributed by atoms with Gasteiger partial charge in [0, 0.05) is 5.03 Å². The van der Waals surface area contributed by atoms with Crippen molar-refractivity contribution in [2.45, 2.75) is 32.1 Å². The lowest BCUT2D eigenvalue weighted by Crippen LogP contribution is -1.90. The first-order chi connectivity index (χ1) is 5.36. The van der Waals surface area contributed by atoms with Crippen LogP contribution in [0.2, 0.25) is 0 Å². The van der Waals surface area contributed by atoms with Gasteiger partial charge in [0.1, 0.15) is 0 Å². The molecule has 0 atom stereocenters. The zero-order chi connectivity index (χ0) is 7.68. The van der Waals surface area contributed by atoms with E-state index in [0.717, 1.165) is 23.8 Å². The summed E-state index contributed by atoms with van der Waals surface area (Å²) in [6.45, 7) is 0. The fourth-order valence-corrected chi connectivity index (χ4v) is 1.75. The van der Waals surface area contributed by atoms with E-state index < -0.39 is 0 Å². The molecule has 0 N–H and O–H groups in total. The van der Waals surface area contributed by atoms with Crippen molar-refractivity contribution in [2.24, 2.45) is 5.92 Å². The Hall–Kier alpha value is -0.230. The molecule has 1 heteroatoms. The fourth-order valence-electron chi connectivity index (χ4n) is 1.50. The molecular formula is C10H13Cl. The Kier molecular flexibility index (Phi) is 2.04. The molecule has 0 aromatic heterocycles. The van der Waals surface area contributed by atoms with Crippen LogP contribution in [0.5, 0.6) is 0 Å². The van der Waals surface area contributed by atoms with Crippen LogP contribution in [0.4, 0.5) is 0 Å². The lowest BCUT2D eigenvalue weighted by atomic mass is 10.0. The molecule has 0 unspecified atom stereocenters. The van der Waals surface area contributed by atoms with Crippen molar-refractivity contribution in [3.63, 3.8) is 0 Å². The molecule has 0 heterocycles. The van der Waals surface area contributed by atoms with Crippen molar-refractivity contribution in [3.05, 3.63) is 22.8 Å². The zero-order valence-electron chi connectivity index (χ0n) is 6.65. The Labute approximate surface area is 72.9 Å². The van der Waals surface area contributed by atoms with Crippen LogP contribution in [-0.4, -0.2) is 0 Å². The Morgan fingerprint density at radius 3 is 2.91 bits per heavy atom. The predicted octanol–water partition coefficient (Wildman–Crippen LogP) is 3.63. The highest BCUT2D eigenvalue weighted by atomic mass is 35.5. The Balaban J connectivity index is 2.02. The second-order valence-corrected chi connectivity index (χ2v) is 3.97. The van der Waals surface area contributed by atoms with E-state index in [1.54, 1.807) is 0 Å². The summed E-state index contributed by atoms with van der Waals surface area (Å²) in [5, 5.41) is 1.11. The van der Waals surface area contributed by atoms with Gasteiger partial charge in [-0.1, -0.05) is 23.8 Å². The van der Waals surface area contributed by atoms with Gasteiger partial charge in [0.05, 0.1) is 0 Å². The van der Waals surface area contributed by atoms with E-state index in [0.29, 0.717) is 0 Å². The van der Waals surface area contributed by atoms with Gasteiger partial charge >= 0.3 is 0 Å². The average Bonchev–Trinajstić information content (AvgIpc) is 2.78. The van der Waals surface area contributed by atoms with Crippen molar-refractivity contribution in [2.75, 3.05) is 0 Å². The van der Waals surface area contributed by atoms with Crippen molar-refractivity contribution >= 4 is 11.6 Å². The molecule has 60 valence electrons. The van der Waals surface area contributed by atoms with Gasteiger partial charge in [-0.25, -0.2) is 0 Å². The second kappa shape index (κ2) is 3.02. The second-order valence-electron chi connectivity index (χ2n) is 3.52. The largest absolute Gasteiger partial charge is 0.0888 e. The van der Waals surface area contributed by atoms with Gasteiger partial charge in [-0.15, -0.1) is 0 Å². The molecule has 0 amide bonds. The Bertz CT molecular complexity index is 209. The topological polar surface area (TPSA) is 0 Å². The number of rotatable bonds is 2. The van der Waals surface area contributed by atoms with E-state index >= 15 is 0 Å². The van der Waals surface area contributed by atoms with Gasteiger partial charge in [0.25, 0.3) is 0 Å². The molecule has 0 saturated heterocycles. The van der Waals surface area contributed by atoms with Gasteiger partial charge in [0.2, 0.25) is 0 Å². The maximum Gasteiger partial charge on any atom is 0.0216 e. The van der Waals surface area contributed by atoms with Crippen LogP contribution in [0.1, 0.15) is 32.1 Å². The molecule has 0 aromatic rings. The minimum absolute atomic E-state index is 0.960. The maximum atomic E-state index is 6.08. The monoisotopic (exact) mass is 168 g/mol. The van der Waals surface area contributed by atoms with E-state index in [9.17, 15) is 0 Å². The minimum atomic E-state index is 0.960. The summed E-state index contributed by atoms with van der Waals surface area (Å²) < 4.78 is 0. The molecule has 0 aromatic carbocycles. The van der Waals surface area contributed by atoms with Crippen LogP contribution >= 0.6 is 11.6 Å². The summed E-state index contributed by atoms with van der Waals surface area (Å²) in [5.74, 6) is 0.960. The number of halogens is 1. The fraction of sp³-hybridized carbons (Fsp3) is 0.600. The van der Waals surface area contributed by atoms with Crippen molar-refractivity contribution in [1.82, 2.24) is 0 Å². The lowest BCUT2D eigenvalue weighted by Gasteiger charge is -2.09. The highest BCUT2D eigenvalue weighted by Gasteiger charge is 2.23. The van der Waals surface area contributed by atoms with Crippen molar-refractivity contribution in [1.29, 1.82) is 0 Å². The molecule has 1 fully saturated rings. The van der Waals surface area contributed by atoms with Gasteiger partial charge in [-0.3, -0.25) is 0 Å². The molecule has 0 nitrogen and oxygen atoms in total. The molecule has 2 aliphatic rings. The molecular weight excluding hydrogens is 156 g/mol. The standard InChI is InChI=1S/C10H13Cl/c11-10-4-2-1-3-9(10)7-8-5-6-8/h1,3,8H,2,4-7H2. The van der Waals surface area contributed by atoms with Crippen LogP contribution in [0.15, 0.2) is 22.8 Å². The third-order valence-corrected chi connectivity index (χ3v) is 2.84. The summed E-state index contributed by atoms with van der Waals surface area (Å²) in [6.07, 6.45) is 10.7. The molecule has 0 aliphatic heterocycles. The summed E-state index contributed by atoms with van der Waals surface area (Å²) in [5.41, 5.74) is 1.40. The predicted molar refractivity (Wildman–Crippen MR) is 48.6 cm³/mol. The normalized spacial score (nSPS) is 24.5. The molecule has 0 spiro atoms. The number of hydrogen-bond donors (Lipinski definition) is 0. The van der Waals surface area contributed by atoms with E-state index in [4.69, 9.17) is 11.6 Å². The molecule has 2 rings (SSSR count). The molecule has 0 bridgehead atoms. The Morgan fingerprint density at radius 1 is 1.45 bits per heavy atom. The molecule has 1 saturated carbocycles. The van der Waals surface area contributed by atoms with Gasteiger partial charge < -0.3 is 0 Å². The van der Waals surface area contributed by atoms with Crippen LogP contribution in [0.25, 0.3) is 0 Å². The Morgan fingerprint density at radius 2 is 2.27 bits per heavy atom. The summed E-state index contributed by atoms with van der Waals surface area (Å²) in [4.78, 5) is 0. The van der Waals surface area contributed by atoms with E-state index in [1.165, 1.54) is 24.8 Å². The summed E-state index contributed by atoms with van der Waals surface area (Å²) in [6, 6.07) is 0. The van der Waals surface area contributed by atoms with Gasteiger partial charge in [-0.2, -0.15) is 0 Å². The van der Waals surface area contributed by atoms with Gasteiger partial charge in [-0.05, 0) is 43.6 Å². The minimum Gasteiger partial charge on any atom is -0.0888 e. The molecule has 2 aliphatic carbocycles. The van der Waals surface area contributed by atoms with E-state index in [2.05, 4.69) is 12.2 Å². The van der Waals surface area contributed by atoms with Crippen molar-refractivity contribution < 1.29 is 0 Å². The number of allylic oxidation sites excluding steroid dienone is 4. The zero-order valence-corrected chi connectivity index (χ0v) is 7.40. The average molecular weight is 169 g/mol. The highest BCUT2D eigenvalue weighted by molar-refractivity contribution is 6.30. The number of hydrogen-bond acceptors (Lipinski definition) is 0. The maximum absolute atomic E-state index is 6.08. The van der Waals surface area contributed by atoms with Crippen LogP contribution < -0.4 is 0 Å². The SMILES string of the molecule is ClC1=C(CC2CC2)C=CCC1. The van der Waals surface area contributed by atoms with E-state index in [-0.39, 0.29) is 0 Å². The lowest BCUT2D eigenvalue weighted by molar-refractivity contribution is 0.815. The highest BCUT2D eigenvalue weighted by Crippen LogP contribution is 2.38. The summed E-state index contributed by atoms with van der Waals surface area (Å²) in [7, 11) is 0. The first kappa shape index (κ1) is 7.42. The van der Waals surface area contributed by atoms with Crippen LogP contribution in [0, 0.1) is 5.92 Å². The van der Waals surface area contributed by atoms with Crippen LogP contribution in [-0.2, 0) is 0 Å². The first-order valence-electron chi connectivity index (χ1n) is 4.40. The van der Waals surface area contributed by atoms with E-state index in [1.807, 2.05) is 0 Å². The quantitative estimate of drug-likeness (QED) is 0.591. The third kappa shape index (κ3) is 1.87. The smallest absolute Gasteiger partial charge is 0.0216 e. The molecule has 0 radical (unpaired) electrons. The summed E-state index contributed by atoms with van der Waals surface area (Å²) >= 11 is 6.08. The van der Waals surface area contributed by atoms with Crippen molar-refractivity contribution in [3.8, 4) is 0 Å².